The minimum Gasteiger partial charge on any atom is -0.847 e. The third-order valence-electron chi connectivity index (χ3n) is 3.28. The van der Waals surface area contributed by atoms with Crippen molar-refractivity contribution < 1.29 is 56.5 Å². The maximum absolute atomic E-state index is 12.2. The van der Waals surface area contributed by atoms with Crippen LogP contribution in [-0.4, -0.2) is 24.0 Å². The molecule has 2 rings (SSSR count). The van der Waals surface area contributed by atoms with Crippen molar-refractivity contribution in [3.05, 3.63) is 35.9 Å². The van der Waals surface area contributed by atoms with Crippen LogP contribution < -0.4 is 56.5 Å². The van der Waals surface area contributed by atoms with Crippen LogP contribution in [0.1, 0.15) is 31.4 Å². The monoisotopic (exact) mass is 243 g/mol. The molecule has 0 radical (unpaired) electrons. The van der Waals surface area contributed by atoms with Gasteiger partial charge in [0, 0.05) is 0 Å². The summed E-state index contributed by atoms with van der Waals surface area (Å²) < 4.78 is 0. The second-order valence-electron chi connectivity index (χ2n) is 4.31. The van der Waals surface area contributed by atoms with Gasteiger partial charge in [0.25, 0.3) is 0 Å². The molecule has 0 spiro atoms. The van der Waals surface area contributed by atoms with E-state index in [0.29, 0.717) is 0 Å². The molecule has 82 valence electrons. The Morgan fingerprint density at radius 2 is 1.69 bits per heavy atom. The standard InChI is InChI=1S/C13H18NO.K/c1-11(14-9-5-6-10-14)13(15)12-7-3-2-4-8-12;/h2-4,7-8,11,13H,5-6,9-10H2,1H3;/q-1;+1/t11-,13-;/m0./s1. The molecule has 3 heteroatoms. The van der Waals surface area contributed by atoms with E-state index in [0.717, 1.165) is 18.7 Å². The van der Waals surface area contributed by atoms with Crippen LogP contribution in [0.4, 0.5) is 0 Å². The molecule has 1 heterocycles. The SMILES string of the molecule is C[C@@H]([C@H]([O-])c1ccccc1)N1CCCC1.[K+]. The predicted octanol–water partition coefficient (Wildman–Crippen LogP) is -1.42. The van der Waals surface area contributed by atoms with Gasteiger partial charge >= 0.3 is 51.4 Å². The van der Waals surface area contributed by atoms with Crippen LogP contribution in [0.25, 0.3) is 0 Å². The fraction of sp³-hybridized carbons (Fsp3) is 0.538. The first-order chi connectivity index (χ1) is 7.29. The molecule has 0 aliphatic carbocycles. The maximum atomic E-state index is 12.2. The van der Waals surface area contributed by atoms with Crippen LogP contribution in [0.5, 0.6) is 0 Å². The first-order valence-corrected chi connectivity index (χ1v) is 5.74. The van der Waals surface area contributed by atoms with Crippen molar-refractivity contribution in [2.45, 2.75) is 31.9 Å². The molecule has 2 nitrogen and oxygen atoms in total. The molecule has 1 saturated heterocycles. The molecule has 1 aromatic rings. The molecule has 1 aliphatic heterocycles. The summed E-state index contributed by atoms with van der Waals surface area (Å²) in [6.45, 7) is 4.23. The summed E-state index contributed by atoms with van der Waals surface area (Å²) >= 11 is 0. The van der Waals surface area contributed by atoms with Crippen molar-refractivity contribution in [1.29, 1.82) is 0 Å². The summed E-state index contributed by atoms with van der Waals surface area (Å²) in [7, 11) is 0. The van der Waals surface area contributed by atoms with Gasteiger partial charge in [-0.1, -0.05) is 48.9 Å². The molecule has 1 fully saturated rings. The normalized spacial score (nSPS) is 20.1. The van der Waals surface area contributed by atoms with Crippen molar-refractivity contribution in [3.8, 4) is 0 Å². The van der Waals surface area contributed by atoms with Gasteiger partial charge in [0.2, 0.25) is 0 Å². The van der Waals surface area contributed by atoms with E-state index in [1.165, 1.54) is 12.8 Å². The number of hydrogen-bond acceptors (Lipinski definition) is 2. The summed E-state index contributed by atoms with van der Waals surface area (Å²) in [5.74, 6) is 0. The molecule has 0 amide bonds. The van der Waals surface area contributed by atoms with Gasteiger partial charge in [-0.25, -0.2) is 0 Å². The van der Waals surface area contributed by atoms with Crippen LogP contribution in [0.15, 0.2) is 30.3 Å². The number of rotatable bonds is 3. The first kappa shape index (κ1) is 14.8. The predicted molar refractivity (Wildman–Crippen MR) is 59.5 cm³/mol. The van der Waals surface area contributed by atoms with Crippen LogP contribution in [0.3, 0.4) is 0 Å². The molecular weight excluding hydrogens is 225 g/mol. The third-order valence-corrected chi connectivity index (χ3v) is 3.28. The van der Waals surface area contributed by atoms with Crippen molar-refractivity contribution in [3.63, 3.8) is 0 Å². The number of benzene rings is 1. The van der Waals surface area contributed by atoms with Crippen LogP contribution in [-0.2, 0) is 0 Å². The quantitative estimate of drug-likeness (QED) is 0.609. The number of nitrogens with zero attached hydrogens (tertiary/aromatic N) is 1. The van der Waals surface area contributed by atoms with Crippen molar-refractivity contribution in [2.75, 3.05) is 13.1 Å². The fourth-order valence-electron chi connectivity index (χ4n) is 2.26. The summed E-state index contributed by atoms with van der Waals surface area (Å²) in [4.78, 5) is 2.31. The van der Waals surface area contributed by atoms with Gasteiger partial charge in [0.15, 0.2) is 0 Å². The molecule has 0 unspecified atom stereocenters. The zero-order valence-corrected chi connectivity index (χ0v) is 13.3. The van der Waals surface area contributed by atoms with Gasteiger partial charge in [0.05, 0.1) is 0 Å². The van der Waals surface area contributed by atoms with Gasteiger partial charge in [-0.3, -0.25) is 0 Å². The van der Waals surface area contributed by atoms with Crippen molar-refractivity contribution in [1.82, 2.24) is 4.90 Å². The van der Waals surface area contributed by atoms with Crippen LogP contribution >= 0.6 is 0 Å². The zero-order chi connectivity index (χ0) is 10.7. The van der Waals surface area contributed by atoms with E-state index in [9.17, 15) is 5.11 Å². The molecule has 16 heavy (non-hydrogen) atoms. The minimum atomic E-state index is -0.607. The van der Waals surface area contributed by atoms with E-state index in [-0.39, 0.29) is 57.4 Å². The summed E-state index contributed by atoms with van der Waals surface area (Å²) in [6, 6.07) is 9.83. The molecule has 0 bridgehead atoms. The molecule has 0 saturated carbocycles. The summed E-state index contributed by atoms with van der Waals surface area (Å²) in [6.07, 6.45) is 1.88. The fourth-order valence-corrected chi connectivity index (χ4v) is 2.26. The Balaban J connectivity index is 0.00000128. The van der Waals surface area contributed by atoms with Gasteiger partial charge in [-0.05, 0) is 32.0 Å². The molecule has 0 N–H and O–H groups in total. The largest absolute Gasteiger partial charge is 1.00 e. The molecule has 0 aromatic heterocycles. The van der Waals surface area contributed by atoms with E-state index in [2.05, 4.69) is 11.8 Å². The Hall–Kier alpha value is 0.776. The molecule has 2 atom stereocenters. The topological polar surface area (TPSA) is 26.3 Å². The number of likely N-dealkylation sites (tertiary alicyclic amines) is 1. The van der Waals surface area contributed by atoms with E-state index in [1.807, 2.05) is 30.3 Å². The second kappa shape index (κ2) is 7.26. The van der Waals surface area contributed by atoms with E-state index < -0.39 is 6.10 Å². The van der Waals surface area contributed by atoms with Gasteiger partial charge in [-0.15, -0.1) is 0 Å². The van der Waals surface area contributed by atoms with Crippen molar-refractivity contribution >= 4 is 0 Å². The van der Waals surface area contributed by atoms with E-state index >= 15 is 0 Å². The Kier molecular flexibility index (Phi) is 6.74. The van der Waals surface area contributed by atoms with Gasteiger partial charge in [-0.2, -0.15) is 0 Å². The Morgan fingerprint density at radius 3 is 2.25 bits per heavy atom. The minimum absolute atomic E-state index is 0. The maximum Gasteiger partial charge on any atom is 1.00 e. The Labute approximate surface area is 140 Å². The summed E-state index contributed by atoms with van der Waals surface area (Å²) in [5, 5.41) is 12.2. The smallest absolute Gasteiger partial charge is 0.847 e. The zero-order valence-electron chi connectivity index (χ0n) is 10.2. The van der Waals surface area contributed by atoms with Crippen LogP contribution in [0, 0.1) is 0 Å². The van der Waals surface area contributed by atoms with Crippen molar-refractivity contribution in [2.24, 2.45) is 0 Å². The molecule has 1 aliphatic rings. The average Bonchev–Trinajstić information content (AvgIpc) is 2.82. The Bertz CT molecular complexity index is 298. The average molecular weight is 243 g/mol. The van der Waals surface area contributed by atoms with Gasteiger partial charge in [0.1, 0.15) is 0 Å². The van der Waals surface area contributed by atoms with E-state index in [4.69, 9.17) is 0 Å². The number of hydrogen-bond donors (Lipinski definition) is 0. The molecule has 1 aromatic carbocycles. The second-order valence-corrected chi connectivity index (χ2v) is 4.31. The van der Waals surface area contributed by atoms with Crippen LogP contribution in [0.2, 0.25) is 0 Å². The molecular formula is C13H18KNO. The summed E-state index contributed by atoms with van der Waals surface area (Å²) in [5.41, 5.74) is 0.914. The van der Waals surface area contributed by atoms with E-state index in [1.54, 1.807) is 0 Å². The third kappa shape index (κ3) is 3.63. The first-order valence-electron chi connectivity index (χ1n) is 5.74. The van der Waals surface area contributed by atoms with Gasteiger partial charge < -0.3 is 10.0 Å². The Morgan fingerprint density at radius 1 is 1.12 bits per heavy atom.